The highest BCUT2D eigenvalue weighted by atomic mass is 16.5. The molecule has 1 aliphatic heterocycles. The molecule has 1 aliphatic rings. The molecule has 0 spiro atoms. The molecule has 2 atom stereocenters. The normalized spacial score (nSPS) is 20.1. The Balaban J connectivity index is 2.65. The molecule has 25 heavy (non-hydrogen) atoms. The summed E-state index contributed by atoms with van der Waals surface area (Å²) in [6.07, 6.45) is 1.50. The van der Waals surface area contributed by atoms with Crippen LogP contribution in [0.3, 0.4) is 0 Å². The molecular formula is C18H22N2O5. The second kappa shape index (κ2) is 7.92. The zero-order chi connectivity index (χ0) is 18.6. The fraction of sp³-hybridized carbons (Fsp3) is 0.444. The largest absolute Gasteiger partial charge is 0.506 e. The minimum absolute atomic E-state index is 0.105. The van der Waals surface area contributed by atoms with Crippen molar-refractivity contribution in [3.05, 3.63) is 35.3 Å². The van der Waals surface area contributed by atoms with E-state index in [4.69, 9.17) is 9.47 Å². The fourth-order valence-corrected chi connectivity index (χ4v) is 2.99. The first-order chi connectivity index (χ1) is 11.9. The maximum atomic E-state index is 12.5. The van der Waals surface area contributed by atoms with Gasteiger partial charge in [0.15, 0.2) is 0 Å². The number of ether oxygens (including phenoxy) is 2. The quantitative estimate of drug-likeness (QED) is 0.822. The Morgan fingerprint density at radius 1 is 1.20 bits per heavy atom. The third kappa shape index (κ3) is 3.70. The number of aromatic nitrogens is 1. The lowest BCUT2D eigenvalue weighted by molar-refractivity contribution is -0.146. The maximum absolute atomic E-state index is 12.5. The molecule has 7 heteroatoms. The first kappa shape index (κ1) is 18.6. The van der Waals surface area contributed by atoms with E-state index < -0.39 is 23.8 Å². The topological polar surface area (TPSA) is 98.1 Å². The summed E-state index contributed by atoms with van der Waals surface area (Å²) in [6.45, 7) is 7.14. The molecule has 0 fully saturated rings. The highest BCUT2D eigenvalue weighted by molar-refractivity contribution is 6.07. The highest BCUT2D eigenvalue weighted by Gasteiger charge is 2.44. The van der Waals surface area contributed by atoms with Gasteiger partial charge in [0.2, 0.25) is 0 Å². The third-order valence-electron chi connectivity index (χ3n) is 3.97. The van der Waals surface area contributed by atoms with Gasteiger partial charge in [-0.25, -0.2) is 4.79 Å². The van der Waals surface area contributed by atoms with Gasteiger partial charge in [-0.3, -0.25) is 14.8 Å². The van der Waals surface area contributed by atoms with Gasteiger partial charge in [0.1, 0.15) is 11.7 Å². The fourth-order valence-electron chi connectivity index (χ4n) is 2.99. The molecule has 1 aromatic rings. The smallest absolute Gasteiger partial charge is 0.336 e. The van der Waals surface area contributed by atoms with Crippen molar-refractivity contribution in [3.63, 3.8) is 0 Å². The summed E-state index contributed by atoms with van der Waals surface area (Å²) in [5, 5.41) is 10.3. The van der Waals surface area contributed by atoms with Crippen molar-refractivity contribution in [2.24, 2.45) is 10.9 Å². The molecule has 2 heterocycles. The van der Waals surface area contributed by atoms with Gasteiger partial charge in [0, 0.05) is 17.6 Å². The number of nitrogens with zero attached hydrogens (tertiary/aromatic N) is 2. The van der Waals surface area contributed by atoms with Gasteiger partial charge in [-0.1, -0.05) is 0 Å². The second-order valence-corrected chi connectivity index (χ2v) is 5.59. The number of rotatable bonds is 5. The predicted octanol–water partition coefficient (Wildman–Crippen LogP) is 2.36. The van der Waals surface area contributed by atoms with Crippen molar-refractivity contribution < 1.29 is 24.2 Å². The van der Waals surface area contributed by atoms with Crippen LogP contribution in [0.2, 0.25) is 0 Å². The lowest BCUT2D eigenvalue weighted by atomic mass is 9.77. The predicted molar refractivity (Wildman–Crippen MR) is 91.2 cm³/mol. The summed E-state index contributed by atoms with van der Waals surface area (Å²) in [7, 11) is 0. The first-order valence-corrected chi connectivity index (χ1v) is 8.15. The molecule has 0 bridgehead atoms. The minimum atomic E-state index is -0.858. The molecule has 0 amide bonds. The molecule has 2 unspecified atom stereocenters. The molecule has 0 radical (unpaired) electrons. The van der Waals surface area contributed by atoms with Crippen LogP contribution in [0.25, 0.3) is 0 Å². The van der Waals surface area contributed by atoms with E-state index in [-0.39, 0.29) is 30.2 Å². The Morgan fingerprint density at radius 3 is 2.48 bits per heavy atom. The van der Waals surface area contributed by atoms with Gasteiger partial charge < -0.3 is 14.6 Å². The van der Waals surface area contributed by atoms with E-state index in [9.17, 15) is 14.7 Å². The Labute approximate surface area is 146 Å². The molecule has 1 aromatic heterocycles. The standard InChI is InChI=1S/C18H22N2O5/c1-5-24-17(22)13-10(3)20-11(4)14(18(23)25-6-2)15(13)16-12(21)8-7-9-19-16/h7-9,13,15,21H,5-6H2,1-4H3. The number of aromatic hydroxyl groups is 1. The maximum Gasteiger partial charge on any atom is 0.336 e. The van der Waals surface area contributed by atoms with Crippen molar-refractivity contribution in [3.8, 4) is 5.75 Å². The second-order valence-electron chi connectivity index (χ2n) is 5.59. The average molecular weight is 346 g/mol. The van der Waals surface area contributed by atoms with Gasteiger partial charge in [-0.05, 0) is 39.8 Å². The van der Waals surface area contributed by atoms with E-state index in [2.05, 4.69) is 9.98 Å². The molecular weight excluding hydrogens is 324 g/mol. The number of pyridine rings is 1. The zero-order valence-electron chi connectivity index (χ0n) is 14.8. The monoisotopic (exact) mass is 346 g/mol. The molecule has 1 N–H and O–H groups in total. The van der Waals surface area contributed by atoms with E-state index in [1.165, 1.54) is 12.3 Å². The van der Waals surface area contributed by atoms with Crippen molar-refractivity contribution in [1.29, 1.82) is 0 Å². The molecule has 0 aromatic carbocycles. The summed E-state index contributed by atoms with van der Waals surface area (Å²) in [5.41, 5.74) is 1.36. The van der Waals surface area contributed by atoms with Crippen LogP contribution < -0.4 is 0 Å². The highest BCUT2D eigenvalue weighted by Crippen LogP contribution is 2.41. The number of hydrogen-bond donors (Lipinski definition) is 1. The van der Waals surface area contributed by atoms with Gasteiger partial charge in [-0.2, -0.15) is 0 Å². The van der Waals surface area contributed by atoms with Crippen molar-refractivity contribution in [2.75, 3.05) is 13.2 Å². The Bertz CT molecular complexity index is 739. The Hall–Kier alpha value is -2.70. The summed E-state index contributed by atoms with van der Waals surface area (Å²) < 4.78 is 10.3. The number of aliphatic imine (C=N–C) groups is 1. The van der Waals surface area contributed by atoms with Crippen LogP contribution in [-0.4, -0.2) is 41.0 Å². The van der Waals surface area contributed by atoms with Crippen LogP contribution in [0, 0.1) is 5.92 Å². The molecule has 2 rings (SSSR count). The number of carbonyl (C=O) groups is 2. The van der Waals surface area contributed by atoms with Gasteiger partial charge >= 0.3 is 11.9 Å². The van der Waals surface area contributed by atoms with Gasteiger partial charge in [0.25, 0.3) is 0 Å². The Kier molecular flexibility index (Phi) is 5.90. The summed E-state index contributed by atoms with van der Waals surface area (Å²) >= 11 is 0. The summed E-state index contributed by atoms with van der Waals surface area (Å²) in [4.78, 5) is 33.6. The van der Waals surface area contributed by atoms with Crippen LogP contribution in [0.5, 0.6) is 5.75 Å². The van der Waals surface area contributed by atoms with Crippen LogP contribution >= 0.6 is 0 Å². The average Bonchev–Trinajstić information content (AvgIpc) is 2.54. The molecule has 0 saturated heterocycles. The van der Waals surface area contributed by atoms with Gasteiger partial charge in [-0.15, -0.1) is 0 Å². The van der Waals surface area contributed by atoms with Crippen LogP contribution in [0.15, 0.2) is 34.6 Å². The number of carbonyl (C=O) groups excluding carboxylic acids is 2. The van der Waals surface area contributed by atoms with Crippen LogP contribution in [0.4, 0.5) is 0 Å². The Morgan fingerprint density at radius 2 is 1.88 bits per heavy atom. The summed E-state index contributed by atoms with van der Waals surface area (Å²) in [6, 6.07) is 3.03. The SMILES string of the molecule is CCOC(=O)C1=C(C)N=C(C)C(C(=O)OCC)C1c1ncccc1O. The third-order valence-corrected chi connectivity index (χ3v) is 3.97. The number of esters is 2. The van der Waals surface area contributed by atoms with Crippen LogP contribution in [0.1, 0.15) is 39.3 Å². The molecule has 0 saturated carbocycles. The number of hydrogen-bond acceptors (Lipinski definition) is 7. The van der Waals surface area contributed by atoms with E-state index in [0.29, 0.717) is 11.4 Å². The van der Waals surface area contributed by atoms with E-state index >= 15 is 0 Å². The zero-order valence-corrected chi connectivity index (χ0v) is 14.8. The number of allylic oxidation sites excluding steroid dienone is 1. The molecule has 0 aliphatic carbocycles. The van der Waals surface area contributed by atoms with Crippen molar-refractivity contribution in [1.82, 2.24) is 4.98 Å². The summed E-state index contributed by atoms with van der Waals surface area (Å²) in [5.74, 6) is -2.89. The minimum Gasteiger partial charge on any atom is -0.506 e. The van der Waals surface area contributed by atoms with Crippen molar-refractivity contribution in [2.45, 2.75) is 33.6 Å². The lowest BCUT2D eigenvalue weighted by Crippen LogP contribution is -2.37. The van der Waals surface area contributed by atoms with Gasteiger partial charge in [0.05, 0.1) is 30.4 Å². The van der Waals surface area contributed by atoms with E-state index in [0.717, 1.165) is 0 Å². The first-order valence-electron chi connectivity index (χ1n) is 8.15. The van der Waals surface area contributed by atoms with E-state index in [1.54, 1.807) is 33.8 Å². The van der Waals surface area contributed by atoms with E-state index in [1.807, 2.05) is 0 Å². The lowest BCUT2D eigenvalue weighted by Gasteiger charge is -2.31. The molecule has 134 valence electrons. The van der Waals surface area contributed by atoms with Crippen LogP contribution in [-0.2, 0) is 19.1 Å². The molecule has 7 nitrogen and oxygen atoms in total. The van der Waals surface area contributed by atoms with Crippen molar-refractivity contribution >= 4 is 17.7 Å².